The maximum absolute atomic E-state index is 11.9. The van der Waals surface area contributed by atoms with Gasteiger partial charge in [-0.2, -0.15) is 0 Å². The van der Waals surface area contributed by atoms with Gasteiger partial charge in [0.1, 0.15) is 0 Å². The van der Waals surface area contributed by atoms with Gasteiger partial charge in [-0.1, -0.05) is 6.92 Å². The summed E-state index contributed by atoms with van der Waals surface area (Å²) >= 11 is 0. The summed E-state index contributed by atoms with van der Waals surface area (Å²) in [7, 11) is 2.93. The average molecular weight is 338 g/mol. The molecule has 2 amide bonds. The number of rotatable bonds is 9. The molecule has 1 aromatic carbocycles. The predicted octanol–water partition coefficient (Wildman–Crippen LogP) is 0.503. The van der Waals surface area contributed by atoms with Gasteiger partial charge in [0.2, 0.25) is 5.91 Å². The van der Waals surface area contributed by atoms with Gasteiger partial charge in [0, 0.05) is 6.54 Å². The summed E-state index contributed by atoms with van der Waals surface area (Å²) in [6.45, 7) is 1.83. The van der Waals surface area contributed by atoms with E-state index in [0.29, 0.717) is 18.0 Å². The zero-order valence-electron chi connectivity index (χ0n) is 14.0. The fourth-order valence-corrected chi connectivity index (χ4v) is 1.73. The summed E-state index contributed by atoms with van der Waals surface area (Å²) in [4.78, 5) is 34.8. The molecular weight excluding hydrogens is 316 g/mol. The number of methoxy groups -OCH3 is 2. The average Bonchev–Trinajstić information content (AvgIpc) is 2.61. The van der Waals surface area contributed by atoms with Crippen molar-refractivity contribution in [3.8, 4) is 11.5 Å². The zero-order valence-corrected chi connectivity index (χ0v) is 14.0. The van der Waals surface area contributed by atoms with Crippen molar-refractivity contribution in [2.75, 3.05) is 33.9 Å². The summed E-state index contributed by atoms with van der Waals surface area (Å²) in [5, 5.41) is 4.98. The Morgan fingerprint density at radius 2 is 1.71 bits per heavy atom. The lowest BCUT2D eigenvalue weighted by molar-refractivity contribution is -0.127. The van der Waals surface area contributed by atoms with Gasteiger partial charge in [-0.05, 0) is 24.6 Å². The van der Waals surface area contributed by atoms with E-state index in [2.05, 4.69) is 10.6 Å². The lowest BCUT2D eigenvalue weighted by Gasteiger charge is -2.10. The van der Waals surface area contributed by atoms with Crippen LogP contribution in [0, 0.1) is 0 Å². The van der Waals surface area contributed by atoms with Crippen molar-refractivity contribution in [1.82, 2.24) is 10.6 Å². The van der Waals surface area contributed by atoms with E-state index >= 15 is 0 Å². The third kappa shape index (κ3) is 6.15. The number of amides is 2. The fraction of sp³-hybridized carbons (Fsp3) is 0.438. The van der Waals surface area contributed by atoms with Gasteiger partial charge in [-0.25, -0.2) is 4.79 Å². The van der Waals surface area contributed by atoms with Crippen molar-refractivity contribution in [3.05, 3.63) is 23.8 Å². The SMILES string of the molecule is CCCNC(=O)CNC(=O)COC(=O)c1ccc(OC)c(OC)c1. The second kappa shape index (κ2) is 10.1. The molecule has 0 atom stereocenters. The topological polar surface area (TPSA) is 103 Å². The summed E-state index contributed by atoms with van der Waals surface area (Å²) in [5.41, 5.74) is 0.223. The van der Waals surface area contributed by atoms with Gasteiger partial charge >= 0.3 is 5.97 Å². The lowest BCUT2D eigenvalue weighted by atomic mass is 10.2. The normalized spacial score (nSPS) is 9.79. The number of hydrogen-bond acceptors (Lipinski definition) is 6. The molecular formula is C16H22N2O6. The quantitative estimate of drug-likeness (QED) is 0.636. The second-order valence-electron chi connectivity index (χ2n) is 4.77. The van der Waals surface area contributed by atoms with Crippen LogP contribution in [0.25, 0.3) is 0 Å². The number of ether oxygens (including phenoxy) is 3. The van der Waals surface area contributed by atoms with Gasteiger partial charge in [0.25, 0.3) is 5.91 Å². The Morgan fingerprint density at radius 3 is 2.33 bits per heavy atom. The van der Waals surface area contributed by atoms with Gasteiger partial charge in [-0.15, -0.1) is 0 Å². The van der Waals surface area contributed by atoms with Crippen molar-refractivity contribution in [3.63, 3.8) is 0 Å². The summed E-state index contributed by atoms with van der Waals surface area (Å²) in [5.74, 6) is -0.678. The molecule has 1 rings (SSSR count). The van der Waals surface area contributed by atoms with Gasteiger partial charge in [0.05, 0.1) is 26.3 Å². The fourth-order valence-electron chi connectivity index (χ4n) is 1.73. The number of carbonyl (C=O) groups is 3. The first-order chi connectivity index (χ1) is 11.5. The monoisotopic (exact) mass is 338 g/mol. The third-order valence-electron chi connectivity index (χ3n) is 2.97. The van der Waals surface area contributed by atoms with E-state index < -0.39 is 18.5 Å². The maximum atomic E-state index is 11.9. The first kappa shape index (κ1) is 19.3. The largest absolute Gasteiger partial charge is 0.493 e. The minimum Gasteiger partial charge on any atom is -0.493 e. The molecule has 2 N–H and O–H groups in total. The van der Waals surface area contributed by atoms with Crippen LogP contribution in [0.1, 0.15) is 23.7 Å². The summed E-state index contributed by atoms with van der Waals surface area (Å²) < 4.78 is 15.1. The van der Waals surface area contributed by atoms with Crippen molar-refractivity contribution >= 4 is 17.8 Å². The molecule has 8 nitrogen and oxygen atoms in total. The maximum Gasteiger partial charge on any atom is 0.338 e. The Morgan fingerprint density at radius 1 is 1.00 bits per heavy atom. The Bertz CT molecular complexity index is 588. The number of nitrogens with one attached hydrogen (secondary N) is 2. The highest BCUT2D eigenvalue weighted by atomic mass is 16.5. The van der Waals surface area contributed by atoms with Crippen LogP contribution in [-0.2, 0) is 14.3 Å². The molecule has 0 bridgehead atoms. The molecule has 0 aliphatic rings. The second-order valence-corrected chi connectivity index (χ2v) is 4.77. The van der Waals surface area contributed by atoms with Crippen LogP contribution in [0.3, 0.4) is 0 Å². The molecule has 0 saturated carbocycles. The Kier molecular flexibility index (Phi) is 8.10. The Hall–Kier alpha value is -2.77. The van der Waals surface area contributed by atoms with E-state index in [0.717, 1.165) is 6.42 Å². The van der Waals surface area contributed by atoms with Crippen LogP contribution in [0.15, 0.2) is 18.2 Å². The van der Waals surface area contributed by atoms with Crippen LogP contribution in [0.5, 0.6) is 11.5 Å². The van der Waals surface area contributed by atoms with E-state index in [9.17, 15) is 14.4 Å². The van der Waals surface area contributed by atoms with Crippen molar-refractivity contribution in [2.45, 2.75) is 13.3 Å². The van der Waals surface area contributed by atoms with Gasteiger partial charge in [-0.3, -0.25) is 9.59 Å². The first-order valence-corrected chi connectivity index (χ1v) is 7.44. The molecule has 0 radical (unpaired) electrons. The van der Waals surface area contributed by atoms with E-state index in [1.54, 1.807) is 6.07 Å². The highest BCUT2D eigenvalue weighted by molar-refractivity contribution is 5.92. The summed E-state index contributed by atoms with van der Waals surface area (Å²) in [6.07, 6.45) is 0.808. The molecule has 0 aliphatic heterocycles. The van der Waals surface area contributed by atoms with Crippen LogP contribution in [0.2, 0.25) is 0 Å². The number of esters is 1. The Balaban J connectivity index is 2.45. The van der Waals surface area contributed by atoms with Crippen LogP contribution < -0.4 is 20.1 Å². The van der Waals surface area contributed by atoms with E-state index in [4.69, 9.17) is 14.2 Å². The van der Waals surface area contributed by atoms with Crippen LogP contribution >= 0.6 is 0 Å². The smallest absolute Gasteiger partial charge is 0.338 e. The third-order valence-corrected chi connectivity index (χ3v) is 2.97. The van der Waals surface area contributed by atoms with E-state index in [1.165, 1.54) is 26.4 Å². The summed E-state index contributed by atoms with van der Waals surface area (Å²) in [6, 6.07) is 4.52. The Labute approximate surface area is 140 Å². The molecule has 24 heavy (non-hydrogen) atoms. The zero-order chi connectivity index (χ0) is 17.9. The van der Waals surface area contributed by atoms with Crippen LogP contribution in [0.4, 0.5) is 0 Å². The molecule has 0 unspecified atom stereocenters. The highest BCUT2D eigenvalue weighted by Gasteiger charge is 2.14. The van der Waals surface area contributed by atoms with Crippen LogP contribution in [-0.4, -0.2) is 51.7 Å². The van der Waals surface area contributed by atoms with Crippen molar-refractivity contribution in [1.29, 1.82) is 0 Å². The number of carbonyl (C=O) groups excluding carboxylic acids is 3. The molecule has 132 valence electrons. The molecule has 0 spiro atoms. The van der Waals surface area contributed by atoms with Crippen molar-refractivity contribution < 1.29 is 28.6 Å². The molecule has 1 aromatic rings. The number of benzene rings is 1. The van der Waals surface area contributed by atoms with E-state index in [-0.39, 0.29) is 18.0 Å². The highest BCUT2D eigenvalue weighted by Crippen LogP contribution is 2.27. The minimum absolute atomic E-state index is 0.160. The van der Waals surface area contributed by atoms with Gasteiger partial charge in [0.15, 0.2) is 18.1 Å². The van der Waals surface area contributed by atoms with Gasteiger partial charge < -0.3 is 24.8 Å². The molecule has 0 saturated heterocycles. The lowest BCUT2D eigenvalue weighted by Crippen LogP contribution is -2.38. The predicted molar refractivity (Wildman–Crippen MR) is 86.1 cm³/mol. The minimum atomic E-state index is -0.679. The standard InChI is InChI=1S/C16H22N2O6/c1-4-7-17-14(19)9-18-15(20)10-24-16(21)11-5-6-12(22-2)13(8-11)23-3/h5-6,8H,4,7,9-10H2,1-3H3,(H,17,19)(H,18,20). The molecule has 8 heteroatoms. The molecule has 0 heterocycles. The molecule has 0 aromatic heterocycles. The first-order valence-electron chi connectivity index (χ1n) is 7.44. The van der Waals surface area contributed by atoms with Crippen molar-refractivity contribution in [2.24, 2.45) is 0 Å². The molecule has 0 fully saturated rings. The van der Waals surface area contributed by atoms with E-state index in [1.807, 2.05) is 6.92 Å². The molecule has 0 aliphatic carbocycles. The number of hydrogen-bond donors (Lipinski definition) is 2.